The third-order valence-electron chi connectivity index (χ3n) is 4.32. The molecule has 0 aromatic heterocycles. The predicted molar refractivity (Wildman–Crippen MR) is 68.9 cm³/mol. The van der Waals surface area contributed by atoms with Gasteiger partial charge in [-0.05, 0) is 38.0 Å². The fourth-order valence-electron chi connectivity index (χ4n) is 2.80. The molecule has 0 radical (unpaired) electrons. The van der Waals surface area contributed by atoms with Crippen LogP contribution < -0.4 is 11.1 Å². The molecule has 1 atom stereocenters. The second-order valence-corrected chi connectivity index (χ2v) is 5.78. The summed E-state index contributed by atoms with van der Waals surface area (Å²) in [6.45, 7) is 4.48. The van der Waals surface area contributed by atoms with Crippen molar-refractivity contribution < 1.29 is 9.59 Å². The minimum absolute atomic E-state index is 0.0664. The van der Waals surface area contributed by atoms with Gasteiger partial charge in [0, 0.05) is 12.6 Å². The van der Waals surface area contributed by atoms with Crippen LogP contribution >= 0.6 is 0 Å². The molecule has 5 nitrogen and oxygen atoms in total. The summed E-state index contributed by atoms with van der Waals surface area (Å²) in [5, 5.41) is 2.90. The normalized spacial score (nSPS) is 33.9. The Bertz CT molecular complexity index is 348. The van der Waals surface area contributed by atoms with Crippen molar-refractivity contribution in [3.63, 3.8) is 0 Å². The van der Waals surface area contributed by atoms with Crippen molar-refractivity contribution in [3.8, 4) is 0 Å². The molecule has 1 saturated carbocycles. The Morgan fingerprint density at radius 1 is 1.44 bits per heavy atom. The lowest BCUT2D eigenvalue weighted by Crippen LogP contribution is -2.50. The van der Waals surface area contributed by atoms with Crippen LogP contribution in [0.2, 0.25) is 0 Å². The number of carbonyl (C=O) groups excluding carboxylic acids is 2. The molecule has 1 unspecified atom stereocenters. The first-order valence-corrected chi connectivity index (χ1v) is 6.88. The monoisotopic (exact) mass is 253 g/mol. The number of imide groups is 1. The van der Waals surface area contributed by atoms with E-state index < -0.39 is 5.54 Å². The van der Waals surface area contributed by atoms with Crippen molar-refractivity contribution in [2.24, 2.45) is 11.7 Å². The second-order valence-electron chi connectivity index (χ2n) is 5.78. The number of carbonyl (C=O) groups is 2. The molecule has 1 saturated heterocycles. The van der Waals surface area contributed by atoms with Crippen LogP contribution in [-0.2, 0) is 4.79 Å². The molecule has 0 bridgehead atoms. The highest BCUT2D eigenvalue weighted by molar-refractivity contribution is 6.07. The Labute approximate surface area is 108 Å². The van der Waals surface area contributed by atoms with Crippen molar-refractivity contribution in [2.45, 2.75) is 57.5 Å². The van der Waals surface area contributed by atoms with Crippen molar-refractivity contribution in [1.82, 2.24) is 10.2 Å². The number of amides is 3. The van der Waals surface area contributed by atoms with E-state index in [9.17, 15) is 9.59 Å². The van der Waals surface area contributed by atoms with Gasteiger partial charge in [-0.25, -0.2) is 4.79 Å². The summed E-state index contributed by atoms with van der Waals surface area (Å²) in [5.41, 5.74) is 5.22. The molecule has 2 rings (SSSR count). The van der Waals surface area contributed by atoms with Gasteiger partial charge in [-0.1, -0.05) is 13.8 Å². The molecule has 1 aliphatic carbocycles. The topological polar surface area (TPSA) is 75.4 Å². The average Bonchev–Trinajstić information content (AvgIpc) is 2.58. The fourth-order valence-corrected chi connectivity index (χ4v) is 2.80. The molecule has 3 amide bonds. The van der Waals surface area contributed by atoms with Crippen LogP contribution in [-0.4, -0.2) is 35.0 Å². The highest BCUT2D eigenvalue weighted by atomic mass is 16.2. The minimum Gasteiger partial charge on any atom is -0.326 e. The van der Waals surface area contributed by atoms with Gasteiger partial charge in [-0.15, -0.1) is 0 Å². The summed E-state index contributed by atoms with van der Waals surface area (Å²) < 4.78 is 0. The molecule has 3 N–H and O–H groups in total. The molecular formula is C13H23N3O2. The molecule has 5 heteroatoms. The standard InChI is InChI=1S/C13H23N3O2/c1-3-10(14)8-16-11(17)13(15-12(16)18)6-4-9(2)5-7-13/h9-10H,3-8,14H2,1-2H3,(H,15,18). The maximum absolute atomic E-state index is 12.4. The number of nitrogens with one attached hydrogen (secondary N) is 1. The molecule has 102 valence electrons. The van der Waals surface area contributed by atoms with Crippen LogP contribution in [0, 0.1) is 5.92 Å². The highest BCUT2D eigenvalue weighted by Gasteiger charge is 2.51. The molecule has 0 aromatic rings. The molecule has 1 heterocycles. The number of hydrogen-bond donors (Lipinski definition) is 2. The molecule has 18 heavy (non-hydrogen) atoms. The zero-order chi connectivity index (χ0) is 13.3. The number of hydrogen-bond acceptors (Lipinski definition) is 3. The molecule has 1 aliphatic heterocycles. The van der Waals surface area contributed by atoms with E-state index in [1.165, 1.54) is 4.90 Å². The molecular weight excluding hydrogens is 230 g/mol. The smallest absolute Gasteiger partial charge is 0.325 e. The van der Waals surface area contributed by atoms with Crippen molar-refractivity contribution >= 4 is 11.9 Å². The Balaban J connectivity index is 2.09. The van der Waals surface area contributed by atoms with Crippen LogP contribution in [0.15, 0.2) is 0 Å². The maximum Gasteiger partial charge on any atom is 0.325 e. The third-order valence-corrected chi connectivity index (χ3v) is 4.32. The largest absolute Gasteiger partial charge is 0.326 e. The van der Waals surface area contributed by atoms with E-state index >= 15 is 0 Å². The molecule has 0 aromatic carbocycles. The van der Waals surface area contributed by atoms with E-state index in [-0.39, 0.29) is 18.0 Å². The van der Waals surface area contributed by atoms with Crippen molar-refractivity contribution in [1.29, 1.82) is 0 Å². The van der Waals surface area contributed by atoms with Gasteiger partial charge in [0.25, 0.3) is 5.91 Å². The average molecular weight is 253 g/mol. The zero-order valence-electron chi connectivity index (χ0n) is 11.2. The number of rotatable bonds is 3. The number of nitrogens with zero attached hydrogens (tertiary/aromatic N) is 1. The third kappa shape index (κ3) is 2.23. The highest BCUT2D eigenvalue weighted by Crippen LogP contribution is 2.36. The van der Waals surface area contributed by atoms with E-state index in [0.717, 1.165) is 32.1 Å². The number of nitrogens with two attached hydrogens (primary N) is 1. The molecule has 2 aliphatic rings. The first-order chi connectivity index (χ1) is 8.48. The van der Waals surface area contributed by atoms with E-state index in [1.807, 2.05) is 6.92 Å². The fraction of sp³-hybridized carbons (Fsp3) is 0.846. The maximum atomic E-state index is 12.4. The molecule has 1 spiro atoms. The lowest BCUT2D eigenvalue weighted by atomic mass is 9.77. The van der Waals surface area contributed by atoms with Gasteiger partial charge in [0.05, 0.1) is 0 Å². The van der Waals surface area contributed by atoms with E-state index in [2.05, 4.69) is 12.2 Å². The summed E-state index contributed by atoms with van der Waals surface area (Å²) in [7, 11) is 0. The van der Waals surface area contributed by atoms with Crippen LogP contribution in [0.4, 0.5) is 4.79 Å². The van der Waals surface area contributed by atoms with Gasteiger partial charge >= 0.3 is 6.03 Å². The number of urea groups is 1. The van der Waals surface area contributed by atoms with Crippen LogP contribution in [0.25, 0.3) is 0 Å². The Morgan fingerprint density at radius 3 is 2.61 bits per heavy atom. The summed E-state index contributed by atoms with van der Waals surface area (Å²) in [6, 6.07) is -0.393. The Kier molecular flexibility index (Phi) is 3.61. The van der Waals surface area contributed by atoms with Gasteiger partial charge in [0.1, 0.15) is 5.54 Å². The van der Waals surface area contributed by atoms with Crippen LogP contribution in [0.1, 0.15) is 46.0 Å². The lowest BCUT2D eigenvalue weighted by molar-refractivity contribution is -0.132. The summed E-state index contributed by atoms with van der Waals surface area (Å²) in [6.07, 6.45) is 4.29. The first-order valence-electron chi connectivity index (χ1n) is 6.88. The quantitative estimate of drug-likeness (QED) is 0.743. The Hall–Kier alpha value is -1.10. The van der Waals surface area contributed by atoms with Gasteiger partial charge in [-0.2, -0.15) is 0 Å². The SMILES string of the molecule is CCC(N)CN1C(=O)NC2(CCC(C)CC2)C1=O. The molecule has 2 fully saturated rings. The van der Waals surface area contributed by atoms with Crippen LogP contribution in [0.5, 0.6) is 0 Å². The van der Waals surface area contributed by atoms with E-state index in [0.29, 0.717) is 12.5 Å². The second kappa shape index (κ2) is 4.88. The van der Waals surface area contributed by atoms with Gasteiger partial charge < -0.3 is 11.1 Å². The van der Waals surface area contributed by atoms with Crippen molar-refractivity contribution in [2.75, 3.05) is 6.54 Å². The lowest BCUT2D eigenvalue weighted by Gasteiger charge is -2.33. The van der Waals surface area contributed by atoms with E-state index in [1.54, 1.807) is 0 Å². The van der Waals surface area contributed by atoms with Crippen LogP contribution in [0.3, 0.4) is 0 Å². The van der Waals surface area contributed by atoms with Crippen molar-refractivity contribution in [3.05, 3.63) is 0 Å². The Morgan fingerprint density at radius 2 is 2.06 bits per heavy atom. The first kappa shape index (κ1) is 13.3. The summed E-state index contributed by atoms with van der Waals surface area (Å²) in [5.74, 6) is 0.579. The zero-order valence-corrected chi connectivity index (χ0v) is 11.2. The predicted octanol–water partition coefficient (Wildman–Crippen LogP) is 1.22. The van der Waals surface area contributed by atoms with E-state index in [4.69, 9.17) is 5.73 Å². The summed E-state index contributed by atoms with van der Waals surface area (Å²) >= 11 is 0. The van der Waals surface area contributed by atoms with Gasteiger partial charge in [0.15, 0.2) is 0 Å². The van der Waals surface area contributed by atoms with Gasteiger partial charge in [0.2, 0.25) is 0 Å². The van der Waals surface area contributed by atoms with Gasteiger partial charge in [-0.3, -0.25) is 9.69 Å². The minimum atomic E-state index is -0.628. The summed E-state index contributed by atoms with van der Waals surface area (Å²) in [4.78, 5) is 25.7.